The average Bonchev–Trinajstić information content (AvgIpc) is 2.47. The Morgan fingerprint density at radius 1 is 1.48 bits per heavy atom. The van der Waals surface area contributed by atoms with E-state index in [-0.39, 0.29) is 12.0 Å². The number of nitrogens with one attached hydrogen (secondary N) is 1. The van der Waals surface area contributed by atoms with E-state index >= 15 is 0 Å². The quantitative estimate of drug-likeness (QED) is 0.868. The first-order chi connectivity index (χ1) is 10.0. The van der Waals surface area contributed by atoms with E-state index in [4.69, 9.17) is 21.7 Å². The smallest absolute Gasteiger partial charge is 0.186 e. The Balaban J connectivity index is 2.07. The molecule has 3 unspecified atom stereocenters. The van der Waals surface area contributed by atoms with Crippen LogP contribution in [0.3, 0.4) is 0 Å². The molecular weight excluding hydrogens is 284 g/mol. The largest absolute Gasteiger partial charge is 0.497 e. The van der Waals surface area contributed by atoms with Gasteiger partial charge in [-0.1, -0.05) is 13.8 Å². The summed E-state index contributed by atoms with van der Waals surface area (Å²) in [5.41, 5.74) is 0.725. The number of hydrogen-bond donors (Lipinski definition) is 1. The summed E-state index contributed by atoms with van der Waals surface area (Å²) in [6, 6.07) is 6.14. The monoisotopic (exact) mass is 306 g/mol. The van der Waals surface area contributed by atoms with Crippen molar-refractivity contribution >= 4 is 17.3 Å². The second kappa shape index (κ2) is 5.05. The van der Waals surface area contributed by atoms with Crippen molar-refractivity contribution in [1.82, 2.24) is 10.2 Å². The lowest BCUT2D eigenvalue weighted by atomic mass is 9.81. The van der Waals surface area contributed by atoms with E-state index in [2.05, 4.69) is 31.0 Å². The van der Waals surface area contributed by atoms with Crippen LogP contribution in [-0.4, -0.2) is 29.4 Å². The molecule has 0 radical (unpaired) electrons. The fourth-order valence-corrected chi connectivity index (χ4v) is 3.75. The molecule has 114 valence electrons. The number of nitrogens with zero attached hydrogens (tertiary/aromatic N) is 1. The minimum atomic E-state index is -0.398. The Bertz CT molecular complexity index is 577. The Kier molecular flexibility index (Phi) is 3.48. The zero-order chi connectivity index (χ0) is 15.2. The first kappa shape index (κ1) is 14.4. The molecule has 21 heavy (non-hydrogen) atoms. The van der Waals surface area contributed by atoms with Crippen LogP contribution in [0.1, 0.15) is 38.8 Å². The fourth-order valence-electron chi connectivity index (χ4n) is 3.35. The van der Waals surface area contributed by atoms with Gasteiger partial charge >= 0.3 is 0 Å². The molecule has 0 amide bonds. The molecule has 0 aromatic heterocycles. The maximum atomic E-state index is 6.38. The molecule has 3 rings (SSSR count). The van der Waals surface area contributed by atoms with Crippen molar-refractivity contribution in [3.63, 3.8) is 0 Å². The molecule has 5 heteroatoms. The summed E-state index contributed by atoms with van der Waals surface area (Å²) >= 11 is 5.57. The van der Waals surface area contributed by atoms with Crippen LogP contribution in [0, 0.1) is 5.92 Å². The maximum absolute atomic E-state index is 6.38. The van der Waals surface area contributed by atoms with Crippen LogP contribution in [0.5, 0.6) is 11.5 Å². The van der Waals surface area contributed by atoms with Gasteiger partial charge in [0.15, 0.2) is 10.8 Å². The van der Waals surface area contributed by atoms with Crippen LogP contribution in [0.2, 0.25) is 0 Å². The Hall–Kier alpha value is -1.49. The molecule has 2 aliphatic rings. The third-order valence-corrected chi connectivity index (χ3v) is 5.06. The van der Waals surface area contributed by atoms with Gasteiger partial charge in [-0.15, -0.1) is 0 Å². The molecule has 1 N–H and O–H groups in total. The minimum absolute atomic E-state index is 0.162. The lowest BCUT2D eigenvalue weighted by Crippen LogP contribution is -2.68. The van der Waals surface area contributed by atoms with Crippen molar-refractivity contribution in [2.75, 3.05) is 13.7 Å². The highest BCUT2D eigenvalue weighted by Gasteiger charge is 2.52. The molecule has 0 spiro atoms. The molecule has 2 bridgehead atoms. The second-order valence-corrected chi connectivity index (χ2v) is 6.31. The summed E-state index contributed by atoms with van der Waals surface area (Å²) < 4.78 is 11.7. The van der Waals surface area contributed by atoms with Gasteiger partial charge in [0, 0.05) is 18.0 Å². The molecule has 4 nitrogen and oxygen atoms in total. The minimum Gasteiger partial charge on any atom is -0.497 e. The zero-order valence-corrected chi connectivity index (χ0v) is 13.8. The van der Waals surface area contributed by atoms with Gasteiger partial charge in [-0.3, -0.25) is 0 Å². The summed E-state index contributed by atoms with van der Waals surface area (Å²) in [5.74, 6) is 2.05. The molecule has 1 aromatic carbocycles. The van der Waals surface area contributed by atoms with Gasteiger partial charge in [0.1, 0.15) is 11.5 Å². The predicted octanol–water partition coefficient (Wildman–Crippen LogP) is 3.08. The summed E-state index contributed by atoms with van der Waals surface area (Å²) in [5, 5.41) is 4.26. The second-order valence-electron chi connectivity index (χ2n) is 5.93. The summed E-state index contributed by atoms with van der Waals surface area (Å²) in [6.45, 7) is 7.40. The van der Waals surface area contributed by atoms with Crippen molar-refractivity contribution in [1.29, 1.82) is 0 Å². The van der Waals surface area contributed by atoms with Crippen LogP contribution >= 0.6 is 12.2 Å². The SMILES string of the molecule is CCCN1C(=S)NC2c3cc(OC)ccc3OC1(C)C2C. The lowest BCUT2D eigenvalue weighted by molar-refractivity contribution is -0.110. The highest BCUT2D eigenvalue weighted by Crippen LogP contribution is 2.48. The van der Waals surface area contributed by atoms with Crippen LogP contribution < -0.4 is 14.8 Å². The van der Waals surface area contributed by atoms with Gasteiger partial charge in [-0.25, -0.2) is 0 Å². The number of benzene rings is 1. The average molecular weight is 306 g/mol. The van der Waals surface area contributed by atoms with Crippen LogP contribution in [0.15, 0.2) is 18.2 Å². The van der Waals surface area contributed by atoms with E-state index < -0.39 is 5.72 Å². The highest BCUT2D eigenvalue weighted by molar-refractivity contribution is 7.80. The number of rotatable bonds is 3. The van der Waals surface area contributed by atoms with E-state index in [0.717, 1.165) is 35.1 Å². The van der Waals surface area contributed by atoms with Crippen molar-refractivity contribution < 1.29 is 9.47 Å². The van der Waals surface area contributed by atoms with Gasteiger partial charge in [-0.05, 0) is 43.8 Å². The van der Waals surface area contributed by atoms with Gasteiger partial charge in [0.2, 0.25) is 0 Å². The molecule has 0 aliphatic carbocycles. The Morgan fingerprint density at radius 3 is 2.90 bits per heavy atom. The first-order valence-corrected chi connectivity index (χ1v) is 7.87. The number of ether oxygens (including phenoxy) is 2. The molecule has 2 aliphatic heterocycles. The molecule has 3 atom stereocenters. The van der Waals surface area contributed by atoms with Crippen LogP contribution in [0.4, 0.5) is 0 Å². The van der Waals surface area contributed by atoms with Gasteiger partial charge in [0.25, 0.3) is 0 Å². The number of methoxy groups -OCH3 is 1. The Labute approximate surface area is 131 Å². The van der Waals surface area contributed by atoms with E-state index in [1.807, 2.05) is 18.2 Å². The Morgan fingerprint density at radius 2 is 2.24 bits per heavy atom. The van der Waals surface area contributed by atoms with Crippen molar-refractivity contribution in [2.45, 2.75) is 39.0 Å². The molecule has 1 aromatic rings. The summed E-state index contributed by atoms with van der Waals surface area (Å²) in [7, 11) is 1.68. The number of fused-ring (bicyclic) bond motifs is 4. The molecule has 1 fully saturated rings. The summed E-state index contributed by atoms with van der Waals surface area (Å²) in [4.78, 5) is 2.18. The zero-order valence-electron chi connectivity index (χ0n) is 13.0. The molecule has 0 saturated carbocycles. The van der Waals surface area contributed by atoms with Crippen LogP contribution in [0.25, 0.3) is 0 Å². The van der Waals surface area contributed by atoms with Crippen molar-refractivity contribution in [3.05, 3.63) is 23.8 Å². The fraction of sp³-hybridized carbons (Fsp3) is 0.562. The topological polar surface area (TPSA) is 33.7 Å². The highest BCUT2D eigenvalue weighted by atomic mass is 32.1. The third-order valence-electron chi connectivity index (χ3n) is 4.72. The van der Waals surface area contributed by atoms with E-state index in [1.54, 1.807) is 7.11 Å². The van der Waals surface area contributed by atoms with E-state index in [9.17, 15) is 0 Å². The van der Waals surface area contributed by atoms with E-state index in [0.29, 0.717) is 0 Å². The molecular formula is C16H22N2O2S. The lowest BCUT2D eigenvalue weighted by Gasteiger charge is -2.56. The third kappa shape index (κ3) is 2.06. The van der Waals surface area contributed by atoms with Gasteiger partial charge < -0.3 is 19.7 Å². The number of thiocarbonyl (C=S) groups is 1. The van der Waals surface area contributed by atoms with Crippen molar-refractivity contribution in [3.8, 4) is 11.5 Å². The number of hydrogen-bond acceptors (Lipinski definition) is 3. The summed E-state index contributed by atoms with van der Waals surface area (Å²) in [6.07, 6.45) is 1.04. The van der Waals surface area contributed by atoms with Crippen molar-refractivity contribution in [2.24, 2.45) is 5.92 Å². The molecule has 1 saturated heterocycles. The van der Waals surface area contributed by atoms with Gasteiger partial charge in [-0.2, -0.15) is 0 Å². The van der Waals surface area contributed by atoms with E-state index in [1.165, 1.54) is 0 Å². The normalized spacial score (nSPS) is 30.3. The first-order valence-electron chi connectivity index (χ1n) is 7.46. The van der Waals surface area contributed by atoms with Gasteiger partial charge in [0.05, 0.1) is 13.2 Å². The maximum Gasteiger partial charge on any atom is 0.186 e. The molecule has 2 heterocycles. The van der Waals surface area contributed by atoms with Crippen LogP contribution in [-0.2, 0) is 0 Å². The standard InChI is InChI=1S/C16H22N2O2S/c1-5-8-18-15(21)17-14-10(2)16(18,3)20-13-7-6-11(19-4)9-12(13)14/h6-7,9-10,14H,5,8H2,1-4H3,(H,17,21). The predicted molar refractivity (Wildman–Crippen MR) is 86.7 cm³/mol.